The van der Waals surface area contributed by atoms with Crippen LogP contribution in [0.4, 0.5) is 11.4 Å². The number of rotatable bonds is 11. The molecule has 0 bridgehead atoms. The Labute approximate surface area is 177 Å². The third-order valence-electron chi connectivity index (χ3n) is 3.62. The Morgan fingerprint density at radius 3 is 1.90 bits per heavy atom. The Morgan fingerprint density at radius 1 is 0.839 bits per heavy atom. The molecule has 0 aliphatic rings. The van der Waals surface area contributed by atoms with Crippen LogP contribution in [0, 0.1) is 0 Å². The van der Waals surface area contributed by atoms with Gasteiger partial charge in [0.25, 0.3) is 0 Å². The van der Waals surface area contributed by atoms with E-state index < -0.39 is 18.0 Å². The molecule has 0 amide bonds. The normalized spacial score (nSPS) is 10.6. The van der Waals surface area contributed by atoms with Crippen LogP contribution in [0.15, 0.2) is 58.5 Å². The first kappa shape index (κ1) is 23.0. The number of isocyanates is 2. The fourth-order valence-corrected chi connectivity index (χ4v) is 2.17. The van der Waals surface area contributed by atoms with E-state index >= 15 is 0 Å². The van der Waals surface area contributed by atoms with E-state index in [1.54, 1.807) is 12.1 Å². The summed E-state index contributed by atoms with van der Waals surface area (Å²) in [5.41, 5.74) is 0.821. The van der Waals surface area contributed by atoms with Crippen molar-refractivity contribution in [1.29, 1.82) is 0 Å². The second-order valence-corrected chi connectivity index (χ2v) is 5.83. The van der Waals surface area contributed by atoms with Crippen molar-refractivity contribution in [2.75, 3.05) is 19.8 Å². The Kier molecular flexibility index (Phi) is 9.16. The summed E-state index contributed by atoms with van der Waals surface area (Å²) in [4.78, 5) is 50.8. The molecule has 0 saturated heterocycles. The highest BCUT2D eigenvalue weighted by Crippen LogP contribution is 2.19. The molecule has 0 fully saturated rings. The molecule has 0 heterocycles. The van der Waals surface area contributed by atoms with Gasteiger partial charge in [0, 0.05) is 0 Å². The number of ether oxygens (including phenoxy) is 4. The zero-order chi connectivity index (χ0) is 22.5. The van der Waals surface area contributed by atoms with E-state index in [0.29, 0.717) is 22.9 Å². The molecule has 2 aromatic rings. The van der Waals surface area contributed by atoms with Crippen molar-refractivity contribution in [3.05, 3.63) is 48.5 Å². The molecular weight excluding hydrogens is 408 g/mol. The summed E-state index contributed by atoms with van der Waals surface area (Å²) in [6.07, 6.45) is 1.94. The molecule has 0 aromatic heterocycles. The highest BCUT2D eigenvalue weighted by molar-refractivity contribution is 5.74. The summed E-state index contributed by atoms with van der Waals surface area (Å²) in [5.74, 6) is -0.497. The number of hydrogen-bond acceptors (Lipinski definition) is 10. The molecule has 10 nitrogen and oxygen atoms in total. The minimum absolute atomic E-state index is 0.147. The molecule has 0 saturated carbocycles. The van der Waals surface area contributed by atoms with Gasteiger partial charge in [0.2, 0.25) is 12.2 Å². The summed E-state index contributed by atoms with van der Waals surface area (Å²) in [5, 5.41) is 0. The third-order valence-corrected chi connectivity index (χ3v) is 3.62. The monoisotopic (exact) mass is 426 g/mol. The lowest BCUT2D eigenvalue weighted by Crippen LogP contribution is -2.27. The third kappa shape index (κ3) is 8.33. The van der Waals surface area contributed by atoms with Crippen molar-refractivity contribution in [2.45, 2.75) is 13.0 Å². The average Bonchev–Trinajstić information content (AvgIpc) is 2.77. The quantitative estimate of drug-likeness (QED) is 0.232. The Balaban J connectivity index is 1.64. The van der Waals surface area contributed by atoms with Gasteiger partial charge >= 0.3 is 11.9 Å². The van der Waals surface area contributed by atoms with Gasteiger partial charge in [-0.2, -0.15) is 9.98 Å². The number of benzene rings is 2. The summed E-state index contributed by atoms with van der Waals surface area (Å²) in [6.45, 7) is 0.870. The van der Waals surface area contributed by atoms with Crippen LogP contribution in [0.2, 0.25) is 0 Å². The highest BCUT2D eigenvalue weighted by Gasteiger charge is 2.16. The molecule has 1 unspecified atom stereocenters. The van der Waals surface area contributed by atoms with Gasteiger partial charge in [-0.3, -0.25) is 0 Å². The standard InChI is InChI=1S/C21H18N2O8/c1-15(31-19-8-4-17(5-9-19)23-14-25)21(27)29-11-10-28-20(26)12-30-18-6-2-16(3-7-18)22-13-24/h2-9,15H,10-12H2,1H3. The highest BCUT2D eigenvalue weighted by atomic mass is 16.6. The van der Waals surface area contributed by atoms with Crippen molar-refractivity contribution >= 4 is 35.5 Å². The smallest absolute Gasteiger partial charge is 0.347 e. The van der Waals surface area contributed by atoms with E-state index in [-0.39, 0.29) is 19.8 Å². The molecule has 0 radical (unpaired) electrons. The number of aliphatic imine (C=N–C) groups is 2. The van der Waals surface area contributed by atoms with Gasteiger partial charge in [-0.15, -0.1) is 0 Å². The molecule has 1 atom stereocenters. The van der Waals surface area contributed by atoms with Crippen molar-refractivity contribution in [3.8, 4) is 11.5 Å². The lowest BCUT2D eigenvalue weighted by Gasteiger charge is -2.14. The molecule has 0 aliphatic carbocycles. The Morgan fingerprint density at radius 2 is 1.35 bits per heavy atom. The Bertz CT molecular complexity index is 975. The van der Waals surface area contributed by atoms with Crippen LogP contribution in [0.25, 0.3) is 0 Å². The zero-order valence-corrected chi connectivity index (χ0v) is 16.5. The van der Waals surface area contributed by atoms with Crippen LogP contribution in [0.3, 0.4) is 0 Å². The predicted molar refractivity (Wildman–Crippen MR) is 106 cm³/mol. The molecule has 31 heavy (non-hydrogen) atoms. The van der Waals surface area contributed by atoms with Crippen LogP contribution >= 0.6 is 0 Å². The number of nitrogens with zero attached hydrogens (tertiary/aromatic N) is 2. The SMILES string of the molecule is CC(Oc1ccc(N=C=O)cc1)C(=O)OCCOC(=O)COc1ccc(N=C=O)cc1. The van der Waals surface area contributed by atoms with Crippen molar-refractivity contribution in [1.82, 2.24) is 0 Å². The lowest BCUT2D eigenvalue weighted by molar-refractivity contribution is -0.157. The maximum Gasteiger partial charge on any atom is 0.347 e. The number of carbonyl (C=O) groups excluding carboxylic acids is 4. The molecule has 10 heteroatoms. The number of esters is 2. The molecular formula is C21H18N2O8. The first-order valence-electron chi connectivity index (χ1n) is 8.99. The van der Waals surface area contributed by atoms with E-state index in [1.165, 1.54) is 55.5 Å². The van der Waals surface area contributed by atoms with Crippen LogP contribution in [0.5, 0.6) is 11.5 Å². The van der Waals surface area contributed by atoms with E-state index in [9.17, 15) is 19.2 Å². The van der Waals surface area contributed by atoms with E-state index in [2.05, 4.69) is 9.98 Å². The predicted octanol–water partition coefficient (Wildman–Crippen LogP) is 2.55. The van der Waals surface area contributed by atoms with Crippen LogP contribution in [-0.2, 0) is 28.7 Å². The average molecular weight is 426 g/mol. The van der Waals surface area contributed by atoms with Crippen LogP contribution in [-0.4, -0.2) is 50.0 Å². The van der Waals surface area contributed by atoms with Gasteiger partial charge in [0.1, 0.15) is 24.7 Å². The van der Waals surface area contributed by atoms with Gasteiger partial charge in [0.15, 0.2) is 12.7 Å². The van der Waals surface area contributed by atoms with Gasteiger partial charge < -0.3 is 18.9 Å². The van der Waals surface area contributed by atoms with Gasteiger partial charge in [0.05, 0.1) is 11.4 Å². The molecule has 2 aromatic carbocycles. The maximum absolute atomic E-state index is 11.9. The summed E-state index contributed by atoms with van der Waals surface area (Å²) < 4.78 is 20.6. The van der Waals surface area contributed by atoms with E-state index in [4.69, 9.17) is 18.9 Å². The van der Waals surface area contributed by atoms with Crippen molar-refractivity contribution < 1.29 is 38.1 Å². The van der Waals surface area contributed by atoms with Crippen LogP contribution < -0.4 is 9.47 Å². The second-order valence-electron chi connectivity index (χ2n) is 5.83. The maximum atomic E-state index is 11.9. The first-order chi connectivity index (χ1) is 15.0. The summed E-state index contributed by atoms with van der Waals surface area (Å²) >= 11 is 0. The topological polar surface area (TPSA) is 130 Å². The van der Waals surface area contributed by atoms with E-state index in [0.717, 1.165) is 0 Å². The fraction of sp³-hybridized carbons (Fsp3) is 0.238. The molecule has 0 aliphatic heterocycles. The minimum atomic E-state index is -0.897. The lowest BCUT2D eigenvalue weighted by atomic mass is 10.3. The van der Waals surface area contributed by atoms with Gasteiger partial charge in [-0.1, -0.05) is 0 Å². The summed E-state index contributed by atoms with van der Waals surface area (Å²) in [7, 11) is 0. The molecule has 0 N–H and O–H groups in total. The first-order valence-corrected chi connectivity index (χ1v) is 8.99. The molecule has 0 spiro atoms. The zero-order valence-electron chi connectivity index (χ0n) is 16.5. The fourth-order valence-electron chi connectivity index (χ4n) is 2.17. The van der Waals surface area contributed by atoms with Crippen molar-refractivity contribution in [2.24, 2.45) is 9.98 Å². The Hall–Kier alpha value is -4.26. The van der Waals surface area contributed by atoms with Gasteiger partial charge in [-0.25, -0.2) is 19.2 Å². The van der Waals surface area contributed by atoms with Crippen molar-refractivity contribution in [3.63, 3.8) is 0 Å². The van der Waals surface area contributed by atoms with E-state index in [1.807, 2.05) is 0 Å². The minimum Gasteiger partial charge on any atom is -0.482 e. The second kappa shape index (κ2) is 12.3. The van der Waals surface area contributed by atoms with Crippen LogP contribution in [0.1, 0.15) is 6.92 Å². The summed E-state index contributed by atoms with van der Waals surface area (Å²) in [6, 6.07) is 12.3. The van der Waals surface area contributed by atoms with Gasteiger partial charge in [-0.05, 0) is 55.5 Å². The number of hydrogen-bond donors (Lipinski definition) is 0. The number of carbonyl (C=O) groups is 2. The molecule has 2 rings (SSSR count). The largest absolute Gasteiger partial charge is 0.482 e. The molecule has 160 valence electrons.